The molecular weight excluding hydrogens is 242 g/mol. The summed E-state index contributed by atoms with van der Waals surface area (Å²) in [6.45, 7) is 3.64. The lowest BCUT2D eigenvalue weighted by atomic mass is 10.3. The van der Waals surface area contributed by atoms with Gasteiger partial charge in [-0.2, -0.15) is 0 Å². The molecule has 1 aromatic rings. The van der Waals surface area contributed by atoms with Gasteiger partial charge in [-0.1, -0.05) is 19.9 Å². The summed E-state index contributed by atoms with van der Waals surface area (Å²) in [5.74, 6) is -1.26. The average Bonchev–Trinajstić information content (AvgIpc) is 2.14. The molecule has 0 radical (unpaired) electrons. The molecule has 0 saturated heterocycles. The van der Waals surface area contributed by atoms with Crippen molar-refractivity contribution in [2.75, 3.05) is 5.75 Å². The van der Waals surface area contributed by atoms with Crippen LogP contribution in [0, 0.1) is 5.92 Å². The maximum Gasteiger partial charge on any atom is 0.354 e. The van der Waals surface area contributed by atoms with Crippen molar-refractivity contribution in [3.05, 3.63) is 29.6 Å². The molecule has 1 rings (SSSR count). The first-order chi connectivity index (χ1) is 7.80. The smallest absolute Gasteiger partial charge is 0.354 e. The van der Waals surface area contributed by atoms with Gasteiger partial charge in [0.05, 0.1) is 17.2 Å². The molecule has 0 amide bonds. The topological polar surface area (TPSA) is 84.3 Å². The molecule has 0 aliphatic carbocycles. The molecule has 0 aromatic carbocycles. The van der Waals surface area contributed by atoms with Gasteiger partial charge in [0.25, 0.3) is 0 Å². The van der Waals surface area contributed by atoms with Crippen molar-refractivity contribution in [2.24, 2.45) is 5.92 Å². The summed E-state index contributed by atoms with van der Waals surface area (Å²) in [5, 5.41) is 8.74. The number of aromatic carboxylic acids is 1. The molecule has 0 atom stereocenters. The molecule has 0 bridgehead atoms. The van der Waals surface area contributed by atoms with Crippen molar-refractivity contribution < 1.29 is 18.3 Å². The van der Waals surface area contributed by atoms with Crippen LogP contribution in [-0.4, -0.2) is 30.2 Å². The van der Waals surface area contributed by atoms with Crippen LogP contribution in [0.15, 0.2) is 18.2 Å². The van der Waals surface area contributed by atoms with Gasteiger partial charge in [0.15, 0.2) is 9.84 Å². The van der Waals surface area contributed by atoms with Gasteiger partial charge in [0.1, 0.15) is 5.69 Å². The molecule has 0 unspecified atom stereocenters. The second kappa shape index (κ2) is 5.27. The minimum atomic E-state index is -3.23. The Hall–Kier alpha value is -1.43. The summed E-state index contributed by atoms with van der Waals surface area (Å²) >= 11 is 0. The van der Waals surface area contributed by atoms with Crippen molar-refractivity contribution in [1.82, 2.24) is 4.98 Å². The van der Waals surface area contributed by atoms with Gasteiger partial charge in [-0.3, -0.25) is 0 Å². The minimum absolute atomic E-state index is 0.0441. The maximum atomic E-state index is 11.7. The van der Waals surface area contributed by atoms with E-state index in [0.717, 1.165) is 0 Å². The van der Waals surface area contributed by atoms with Crippen LogP contribution in [0.5, 0.6) is 0 Å². The molecule has 0 aliphatic rings. The number of carbonyl (C=O) groups is 1. The fraction of sp³-hybridized carbons (Fsp3) is 0.455. The van der Waals surface area contributed by atoms with Gasteiger partial charge in [0.2, 0.25) is 0 Å². The van der Waals surface area contributed by atoms with Crippen LogP contribution in [0.3, 0.4) is 0 Å². The molecule has 1 N–H and O–H groups in total. The summed E-state index contributed by atoms with van der Waals surface area (Å²) < 4.78 is 23.4. The fourth-order valence-corrected chi connectivity index (χ4v) is 3.22. The third kappa shape index (κ3) is 4.52. The minimum Gasteiger partial charge on any atom is -0.477 e. The zero-order valence-corrected chi connectivity index (χ0v) is 10.6. The quantitative estimate of drug-likeness (QED) is 0.860. The van der Waals surface area contributed by atoms with E-state index in [9.17, 15) is 13.2 Å². The van der Waals surface area contributed by atoms with E-state index in [-0.39, 0.29) is 28.8 Å². The van der Waals surface area contributed by atoms with E-state index < -0.39 is 15.8 Å². The molecule has 0 saturated carbocycles. The number of carboxylic acid groups (broad SMARTS) is 1. The van der Waals surface area contributed by atoms with Crippen LogP contribution in [-0.2, 0) is 15.6 Å². The molecule has 6 heteroatoms. The van der Waals surface area contributed by atoms with Crippen LogP contribution in [0.2, 0.25) is 0 Å². The molecule has 5 nitrogen and oxygen atoms in total. The Morgan fingerprint density at radius 2 is 2.06 bits per heavy atom. The van der Waals surface area contributed by atoms with Gasteiger partial charge in [-0.15, -0.1) is 0 Å². The molecule has 0 aliphatic heterocycles. The molecule has 17 heavy (non-hydrogen) atoms. The number of nitrogens with zero attached hydrogens (tertiary/aromatic N) is 1. The molecular formula is C11H15NO4S. The SMILES string of the molecule is CC(C)CS(=O)(=O)Cc1cccc(C(=O)O)n1. The number of pyridine rings is 1. The van der Waals surface area contributed by atoms with Crippen LogP contribution in [0.4, 0.5) is 0 Å². The lowest BCUT2D eigenvalue weighted by molar-refractivity contribution is 0.0690. The highest BCUT2D eigenvalue weighted by molar-refractivity contribution is 7.90. The van der Waals surface area contributed by atoms with E-state index in [1.807, 2.05) is 13.8 Å². The Kier molecular flexibility index (Phi) is 4.22. The van der Waals surface area contributed by atoms with Gasteiger partial charge in [-0.05, 0) is 18.1 Å². The number of rotatable bonds is 5. The summed E-state index contributed by atoms with van der Waals surface area (Å²) in [5.41, 5.74) is 0.132. The standard InChI is InChI=1S/C11H15NO4S/c1-8(2)6-17(15,16)7-9-4-3-5-10(12-9)11(13)14/h3-5,8H,6-7H2,1-2H3,(H,13,14). The summed E-state index contributed by atoms with van der Waals surface area (Å²) in [6.07, 6.45) is 0. The van der Waals surface area contributed by atoms with E-state index >= 15 is 0 Å². The number of hydrogen-bond acceptors (Lipinski definition) is 4. The second-order valence-electron chi connectivity index (χ2n) is 4.27. The van der Waals surface area contributed by atoms with Gasteiger partial charge >= 0.3 is 5.97 Å². The predicted molar refractivity (Wildman–Crippen MR) is 63.5 cm³/mol. The van der Waals surface area contributed by atoms with E-state index in [4.69, 9.17) is 5.11 Å². The number of aromatic nitrogens is 1. The largest absolute Gasteiger partial charge is 0.477 e. The average molecular weight is 257 g/mol. The Balaban J connectivity index is 2.89. The molecule has 0 spiro atoms. The second-order valence-corrected chi connectivity index (χ2v) is 6.38. The van der Waals surface area contributed by atoms with Gasteiger partial charge in [0, 0.05) is 0 Å². The lowest BCUT2D eigenvalue weighted by Crippen LogP contribution is -2.15. The van der Waals surface area contributed by atoms with E-state index in [0.29, 0.717) is 0 Å². The predicted octanol–water partition coefficient (Wildman–Crippen LogP) is 1.35. The fourth-order valence-electron chi connectivity index (χ4n) is 1.47. The van der Waals surface area contributed by atoms with E-state index in [1.54, 1.807) is 0 Å². The Labute approximate surface area is 100 Å². The first-order valence-electron chi connectivity index (χ1n) is 5.20. The number of sulfone groups is 1. The van der Waals surface area contributed by atoms with Crippen molar-refractivity contribution >= 4 is 15.8 Å². The van der Waals surface area contributed by atoms with Crippen molar-refractivity contribution in [1.29, 1.82) is 0 Å². The van der Waals surface area contributed by atoms with Gasteiger partial charge < -0.3 is 5.11 Å². The van der Waals surface area contributed by atoms with Crippen LogP contribution in [0.1, 0.15) is 30.0 Å². The number of hydrogen-bond donors (Lipinski definition) is 1. The highest BCUT2D eigenvalue weighted by atomic mass is 32.2. The molecule has 0 fully saturated rings. The Bertz CT molecular complexity index is 508. The Morgan fingerprint density at radius 1 is 1.41 bits per heavy atom. The maximum absolute atomic E-state index is 11.7. The van der Waals surface area contributed by atoms with Crippen molar-refractivity contribution in [3.8, 4) is 0 Å². The summed E-state index contributed by atoms with van der Waals surface area (Å²) in [7, 11) is -3.23. The van der Waals surface area contributed by atoms with E-state index in [1.165, 1.54) is 18.2 Å². The van der Waals surface area contributed by atoms with Crippen LogP contribution >= 0.6 is 0 Å². The lowest BCUT2D eigenvalue weighted by Gasteiger charge is -2.06. The summed E-state index contributed by atoms with van der Waals surface area (Å²) in [6, 6.07) is 4.35. The van der Waals surface area contributed by atoms with Crippen molar-refractivity contribution in [2.45, 2.75) is 19.6 Å². The molecule has 94 valence electrons. The van der Waals surface area contributed by atoms with Crippen LogP contribution < -0.4 is 0 Å². The highest BCUT2D eigenvalue weighted by Crippen LogP contribution is 2.08. The van der Waals surface area contributed by atoms with Crippen LogP contribution in [0.25, 0.3) is 0 Å². The summed E-state index contributed by atoms with van der Waals surface area (Å²) in [4.78, 5) is 14.5. The molecule has 1 heterocycles. The first kappa shape index (κ1) is 13.6. The van der Waals surface area contributed by atoms with Crippen molar-refractivity contribution in [3.63, 3.8) is 0 Å². The monoisotopic (exact) mass is 257 g/mol. The van der Waals surface area contributed by atoms with Gasteiger partial charge in [-0.25, -0.2) is 18.2 Å². The highest BCUT2D eigenvalue weighted by Gasteiger charge is 2.16. The zero-order valence-electron chi connectivity index (χ0n) is 9.75. The molecule has 1 aromatic heterocycles. The number of carboxylic acids is 1. The first-order valence-corrected chi connectivity index (χ1v) is 7.02. The third-order valence-electron chi connectivity index (χ3n) is 1.98. The third-order valence-corrected chi connectivity index (χ3v) is 3.89. The zero-order chi connectivity index (χ0) is 13.1. The Morgan fingerprint density at radius 3 is 2.59 bits per heavy atom. The van der Waals surface area contributed by atoms with E-state index in [2.05, 4.69) is 4.98 Å². The normalized spacial score (nSPS) is 11.7.